The van der Waals surface area contributed by atoms with E-state index in [0.717, 1.165) is 16.5 Å². The molecule has 2 aromatic carbocycles. The van der Waals surface area contributed by atoms with Gasteiger partial charge in [0, 0.05) is 30.1 Å². The van der Waals surface area contributed by atoms with Crippen LogP contribution in [0.5, 0.6) is 0 Å². The van der Waals surface area contributed by atoms with Gasteiger partial charge in [-0.3, -0.25) is 9.36 Å². The molecule has 3 aromatic rings. The number of hydrogen-bond donors (Lipinski definition) is 1. The summed E-state index contributed by atoms with van der Waals surface area (Å²) in [6, 6.07) is 20.0. The number of benzene rings is 2. The Morgan fingerprint density at radius 2 is 1.67 bits per heavy atom. The maximum absolute atomic E-state index is 12.2. The van der Waals surface area contributed by atoms with Gasteiger partial charge >= 0.3 is 0 Å². The third-order valence-electron chi connectivity index (χ3n) is 3.84. The number of aromatic nitrogens is 2. The summed E-state index contributed by atoms with van der Waals surface area (Å²) in [6.45, 7) is 0.285. The monoisotopic (exact) mass is 381 g/mol. The lowest BCUT2D eigenvalue weighted by Gasteiger charge is -2.07. The van der Waals surface area contributed by atoms with Crippen LogP contribution in [-0.4, -0.2) is 24.5 Å². The van der Waals surface area contributed by atoms with Crippen LogP contribution in [0.25, 0.3) is 17.3 Å². The summed E-state index contributed by atoms with van der Waals surface area (Å²) < 4.78 is 27.9. The summed E-state index contributed by atoms with van der Waals surface area (Å²) in [6.07, 6.45) is 2.95. The van der Waals surface area contributed by atoms with Crippen LogP contribution in [0.15, 0.2) is 83.3 Å². The summed E-state index contributed by atoms with van der Waals surface area (Å²) in [5.41, 5.74) is 2.00. The Morgan fingerprint density at radius 1 is 1.00 bits per heavy atom. The van der Waals surface area contributed by atoms with E-state index in [4.69, 9.17) is 0 Å². The molecule has 0 aliphatic carbocycles. The Bertz CT molecular complexity index is 1080. The fourth-order valence-corrected chi connectivity index (χ4v) is 3.26. The molecule has 0 unspecified atom stereocenters. The van der Waals surface area contributed by atoms with E-state index < -0.39 is 10.0 Å². The third kappa shape index (κ3) is 5.47. The minimum absolute atomic E-state index is 0.0910. The molecule has 0 atom stereocenters. The van der Waals surface area contributed by atoms with Crippen LogP contribution in [0, 0.1) is 0 Å². The van der Waals surface area contributed by atoms with Gasteiger partial charge in [0.1, 0.15) is 0 Å². The van der Waals surface area contributed by atoms with Crippen molar-refractivity contribution in [1.82, 2.24) is 14.3 Å². The molecule has 1 heterocycles. The summed E-state index contributed by atoms with van der Waals surface area (Å²) in [7, 11) is -3.58. The van der Waals surface area contributed by atoms with Gasteiger partial charge in [-0.2, -0.15) is 0 Å². The SMILES string of the molecule is O=c1cc(-c2ccccc2)ncn1CCNS(=O)(=O)C=Cc1ccccc1. The molecule has 1 aromatic heterocycles. The van der Waals surface area contributed by atoms with Crippen LogP contribution in [0.2, 0.25) is 0 Å². The van der Waals surface area contributed by atoms with Gasteiger partial charge in [0.15, 0.2) is 0 Å². The number of nitrogens with one attached hydrogen (secondary N) is 1. The standard InChI is InChI=1S/C20H19N3O3S/c24-20-15-19(18-9-5-2-6-10-18)21-16-23(20)13-12-22-27(25,26)14-11-17-7-3-1-4-8-17/h1-11,14-16,22H,12-13H2. The van der Waals surface area contributed by atoms with E-state index in [2.05, 4.69) is 9.71 Å². The van der Waals surface area contributed by atoms with E-state index in [1.54, 1.807) is 0 Å². The van der Waals surface area contributed by atoms with Crippen molar-refractivity contribution in [2.45, 2.75) is 6.54 Å². The molecule has 0 saturated heterocycles. The topological polar surface area (TPSA) is 81.1 Å². The van der Waals surface area contributed by atoms with Gasteiger partial charge in [0.25, 0.3) is 5.56 Å². The fraction of sp³-hybridized carbons (Fsp3) is 0.100. The molecule has 0 bridgehead atoms. The van der Waals surface area contributed by atoms with Gasteiger partial charge in [0.05, 0.1) is 12.0 Å². The normalized spacial score (nSPS) is 11.7. The predicted octanol–water partition coefficient (Wildman–Crippen LogP) is 2.50. The first kappa shape index (κ1) is 18.8. The fourth-order valence-electron chi connectivity index (χ4n) is 2.45. The van der Waals surface area contributed by atoms with Gasteiger partial charge in [-0.25, -0.2) is 18.1 Å². The highest BCUT2D eigenvalue weighted by Crippen LogP contribution is 2.13. The van der Waals surface area contributed by atoms with E-state index in [9.17, 15) is 13.2 Å². The van der Waals surface area contributed by atoms with E-state index in [-0.39, 0.29) is 18.6 Å². The van der Waals surface area contributed by atoms with Crippen molar-refractivity contribution in [2.75, 3.05) is 6.54 Å². The van der Waals surface area contributed by atoms with Crippen molar-refractivity contribution in [3.05, 3.63) is 94.4 Å². The summed E-state index contributed by atoms with van der Waals surface area (Å²) >= 11 is 0. The van der Waals surface area contributed by atoms with E-state index in [1.165, 1.54) is 23.0 Å². The third-order valence-corrected chi connectivity index (χ3v) is 4.95. The second-order valence-corrected chi connectivity index (χ2v) is 7.48. The Balaban J connectivity index is 1.60. The molecular weight excluding hydrogens is 362 g/mol. The average Bonchev–Trinajstić information content (AvgIpc) is 2.69. The molecule has 0 saturated carbocycles. The van der Waals surface area contributed by atoms with Crippen molar-refractivity contribution in [1.29, 1.82) is 0 Å². The Labute approximate surface area is 157 Å². The first-order valence-electron chi connectivity index (χ1n) is 8.38. The van der Waals surface area contributed by atoms with Crippen molar-refractivity contribution in [2.24, 2.45) is 0 Å². The number of rotatable bonds is 7. The lowest BCUT2D eigenvalue weighted by atomic mass is 10.1. The minimum Gasteiger partial charge on any atom is -0.298 e. The highest BCUT2D eigenvalue weighted by atomic mass is 32.2. The van der Waals surface area contributed by atoms with Crippen molar-refractivity contribution < 1.29 is 8.42 Å². The van der Waals surface area contributed by atoms with Crippen molar-refractivity contribution >= 4 is 16.1 Å². The van der Waals surface area contributed by atoms with Gasteiger partial charge in [0.2, 0.25) is 10.0 Å². The van der Waals surface area contributed by atoms with E-state index >= 15 is 0 Å². The van der Waals surface area contributed by atoms with Gasteiger partial charge < -0.3 is 0 Å². The second-order valence-electron chi connectivity index (χ2n) is 5.82. The van der Waals surface area contributed by atoms with Crippen molar-refractivity contribution in [3.63, 3.8) is 0 Å². The average molecular weight is 381 g/mol. The molecule has 27 heavy (non-hydrogen) atoms. The lowest BCUT2D eigenvalue weighted by molar-refractivity contribution is 0.577. The van der Waals surface area contributed by atoms with Crippen molar-refractivity contribution in [3.8, 4) is 11.3 Å². The molecule has 0 aliphatic heterocycles. The maximum atomic E-state index is 12.2. The Kier molecular flexibility index (Phi) is 5.95. The number of sulfonamides is 1. The molecule has 138 valence electrons. The second kappa shape index (κ2) is 8.57. The predicted molar refractivity (Wildman–Crippen MR) is 106 cm³/mol. The summed E-state index contributed by atoms with van der Waals surface area (Å²) in [4.78, 5) is 16.5. The van der Waals surface area contributed by atoms with Crippen LogP contribution in [0.1, 0.15) is 5.56 Å². The zero-order chi connectivity index (χ0) is 19.1. The molecule has 3 rings (SSSR count). The van der Waals surface area contributed by atoms with Gasteiger partial charge in [-0.05, 0) is 11.6 Å². The van der Waals surface area contributed by atoms with Crippen LogP contribution in [0.3, 0.4) is 0 Å². The van der Waals surface area contributed by atoms with Crippen LogP contribution in [-0.2, 0) is 16.6 Å². The molecule has 1 N–H and O–H groups in total. The number of nitrogens with zero attached hydrogens (tertiary/aromatic N) is 2. The lowest BCUT2D eigenvalue weighted by Crippen LogP contribution is -2.29. The molecule has 0 aliphatic rings. The zero-order valence-corrected chi connectivity index (χ0v) is 15.3. The highest BCUT2D eigenvalue weighted by molar-refractivity contribution is 7.92. The van der Waals surface area contributed by atoms with Crippen LogP contribution < -0.4 is 10.3 Å². The zero-order valence-electron chi connectivity index (χ0n) is 14.5. The summed E-state index contributed by atoms with van der Waals surface area (Å²) in [5, 5.41) is 1.11. The van der Waals surface area contributed by atoms with Crippen LogP contribution >= 0.6 is 0 Å². The highest BCUT2D eigenvalue weighted by Gasteiger charge is 2.06. The molecule has 0 spiro atoms. The first-order chi connectivity index (χ1) is 13.0. The van der Waals surface area contributed by atoms with Gasteiger partial charge in [-0.15, -0.1) is 0 Å². The Morgan fingerprint density at radius 3 is 2.33 bits per heavy atom. The molecule has 0 amide bonds. The van der Waals surface area contributed by atoms with E-state index in [1.807, 2.05) is 60.7 Å². The largest absolute Gasteiger partial charge is 0.298 e. The quantitative estimate of drug-likeness (QED) is 0.682. The molecule has 7 heteroatoms. The maximum Gasteiger partial charge on any atom is 0.253 e. The Hall–Kier alpha value is -3.03. The minimum atomic E-state index is -3.58. The molecular formula is C20H19N3O3S. The van der Waals surface area contributed by atoms with Crippen LogP contribution in [0.4, 0.5) is 0 Å². The molecule has 0 radical (unpaired) electrons. The smallest absolute Gasteiger partial charge is 0.253 e. The number of hydrogen-bond acceptors (Lipinski definition) is 4. The first-order valence-corrected chi connectivity index (χ1v) is 9.93. The van der Waals surface area contributed by atoms with Gasteiger partial charge in [-0.1, -0.05) is 60.7 Å². The van der Waals surface area contributed by atoms with E-state index in [0.29, 0.717) is 5.69 Å². The molecule has 6 nitrogen and oxygen atoms in total. The summed E-state index contributed by atoms with van der Waals surface area (Å²) in [5.74, 6) is 0. The molecule has 0 fully saturated rings.